The normalized spacial score (nSPS) is 16.2. The number of nitrogens with zero attached hydrogens (tertiary/aromatic N) is 1. The number of benzene rings is 1. The van der Waals surface area contributed by atoms with Gasteiger partial charge in [0.1, 0.15) is 11.9 Å². The van der Waals surface area contributed by atoms with Gasteiger partial charge in [-0.2, -0.15) is 0 Å². The second kappa shape index (κ2) is 3.88. The number of para-hydroxylation sites is 1. The minimum atomic E-state index is -0.405. The second-order valence-electron chi connectivity index (χ2n) is 3.21. The van der Waals surface area contributed by atoms with Gasteiger partial charge in [0.05, 0.1) is 13.1 Å². The van der Waals surface area contributed by atoms with Crippen LogP contribution in [0.5, 0.6) is 5.75 Å². The van der Waals surface area contributed by atoms with Gasteiger partial charge in [-0.05, 0) is 23.7 Å². The van der Waals surface area contributed by atoms with E-state index in [0.29, 0.717) is 13.1 Å². The molecule has 2 rings (SSSR count). The maximum Gasteiger partial charge on any atom is 0.316 e. The van der Waals surface area contributed by atoms with Crippen molar-refractivity contribution in [2.24, 2.45) is 0 Å². The lowest BCUT2D eigenvalue weighted by atomic mass is 10.2. The molecule has 3 nitrogen and oxygen atoms in total. The van der Waals surface area contributed by atoms with Gasteiger partial charge in [-0.3, -0.25) is 4.79 Å². The highest BCUT2D eigenvalue weighted by molar-refractivity contribution is 6.62. The molecule has 0 N–H and O–H groups in total. The molecule has 1 aromatic rings. The number of halogens is 1. The number of ether oxygens (including phenoxy) is 1. The van der Waals surface area contributed by atoms with Crippen LogP contribution in [0.4, 0.5) is 4.79 Å². The first kappa shape index (κ1) is 9.34. The van der Waals surface area contributed by atoms with Crippen LogP contribution in [-0.4, -0.2) is 29.5 Å². The molecule has 0 aliphatic carbocycles. The maximum absolute atomic E-state index is 10.7. The fraction of sp³-hybridized carbons (Fsp3) is 0.300. The van der Waals surface area contributed by atoms with Gasteiger partial charge in [0.15, 0.2) is 0 Å². The zero-order valence-corrected chi connectivity index (χ0v) is 8.28. The van der Waals surface area contributed by atoms with Gasteiger partial charge in [-0.25, -0.2) is 0 Å². The molecule has 1 saturated heterocycles. The molecular weight excluding hydrogens is 202 g/mol. The topological polar surface area (TPSA) is 29.5 Å². The van der Waals surface area contributed by atoms with Gasteiger partial charge in [-0.15, -0.1) is 0 Å². The van der Waals surface area contributed by atoms with E-state index in [9.17, 15) is 4.79 Å². The molecule has 0 aromatic heterocycles. The number of hydrogen-bond donors (Lipinski definition) is 0. The number of hydrogen-bond acceptors (Lipinski definition) is 2. The molecule has 0 atom stereocenters. The van der Waals surface area contributed by atoms with Crippen molar-refractivity contribution < 1.29 is 9.53 Å². The summed E-state index contributed by atoms with van der Waals surface area (Å²) in [5.74, 6) is 0.833. The van der Waals surface area contributed by atoms with Crippen LogP contribution in [0.1, 0.15) is 0 Å². The van der Waals surface area contributed by atoms with Crippen molar-refractivity contribution in [3.8, 4) is 5.75 Å². The van der Waals surface area contributed by atoms with E-state index < -0.39 is 5.37 Å². The SMILES string of the molecule is O=C(Cl)N1CC(Oc2ccccc2)C1. The lowest BCUT2D eigenvalue weighted by Crippen LogP contribution is -2.54. The van der Waals surface area contributed by atoms with Crippen molar-refractivity contribution in [2.75, 3.05) is 13.1 Å². The Bertz CT molecular complexity index is 322. The van der Waals surface area contributed by atoms with E-state index in [1.54, 1.807) is 0 Å². The van der Waals surface area contributed by atoms with Gasteiger partial charge in [0.2, 0.25) is 0 Å². The molecule has 1 aliphatic rings. The van der Waals surface area contributed by atoms with E-state index in [1.165, 1.54) is 4.90 Å². The Morgan fingerprint density at radius 1 is 1.36 bits per heavy atom. The Hall–Kier alpha value is -1.22. The molecule has 0 saturated carbocycles. The monoisotopic (exact) mass is 211 g/mol. The van der Waals surface area contributed by atoms with E-state index in [1.807, 2.05) is 30.3 Å². The Morgan fingerprint density at radius 3 is 2.57 bits per heavy atom. The van der Waals surface area contributed by atoms with Gasteiger partial charge in [0, 0.05) is 0 Å². The summed E-state index contributed by atoms with van der Waals surface area (Å²) in [5, 5.41) is -0.405. The summed E-state index contributed by atoms with van der Waals surface area (Å²) < 4.78 is 5.58. The van der Waals surface area contributed by atoms with Gasteiger partial charge >= 0.3 is 5.37 Å². The van der Waals surface area contributed by atoms with E-state index in [-0.39, 0.29) is 6.10 Å². The zero-order valence-electron chi connectivity index (χ0n) is 7.52. The first-order valence-corrected chi connectivity index (χ1v) is 4.79. The standard InChI is InChI=1S/C10H10ClNO2/c11-10(13)12-6-9(7-12)14-8-4-2-1-3-5-8/h1-5,9H,6-7H2. The molecule has 4 heteroatoms. The van der Waals surface area contributed by atoms with Crippen molar-refractivity contribution in [1.29, 1.82) is 0 Å². The van der Waals surface area contributed by atoms with Gasteiger partial charge in [0.25, 0.3) is 0 Å². The fourth-order valence-electron chi connectivity index (χ4n) is 1.35. The minimum Gasteiger partial charge on any atom is -0.487 e. The van der Waals surface area contributed by atoms with Crippen LogP contribution < -0.4 is 4.74 Å². The number of carbonyl (C=O) groups excluding carboxylic acids is 1. The Labute approximate surface area is 87.2 Å². The molecule has 1 heterocycles. The van der Waals surface area contributed by atoms with Crippen LogP contribution in [0, 0.1) is 0 Å². The fourth-order valence-corrected chi connectivity index (χ4v) is 1.49. The van der Waals surface area contributed by atoms with Gasteiger partial charge < -0.3 is 9.64 Å². The van der Waals surface area contributed by atoms with E-state index in [0.717, 1.165) is 5.75 Å². The van der Waals surface area contributed by atoms with Crippen LogP contribution in [0.3, 0.4) is 0 Å². The predicted molar refractivity (Wildman–Crippen MR) is 53.7 cm³/mol. The largest absolute Gasteiger partial charge is 0.487 e. The first-order chi connectivity index (χ1) is 6.75. The molecule has 0 spiro atoms. The number of likely N-dealkylation sites (tertiary alicyclic amines) is 1. The Kier molecular flexibility index (Phi) is 2.59. The summed E-state index contributed by atoms with van der Waals surface area (Å²) in [5.41, 5.74) is 0. The molecule has 74 valence electrons. The third kappa shape index (κ3) is 1.99. The third-order valence-electron chi connectivity index (χ3n) is 2.14. The number of amides is 1. The van der Waals surface area contributed by atoms with Gasteiger partial charge in [-0.1, -0.05) is 18.2 Å². The van der Waals surface area contributed by atoms with Crippen molar-refractivity contribution in [3.05, 3.63) is 30.3 Å². The van der Waals surface area contributed by atoms with E-state index in [2.05, 4.69) is 0 Å². The van der Waals surface area contributed by atoms with Crippen molar-refractivity contribution in [2.45, 2.75) is 6.10 Å². The summed E-state index contributed by atoms with van der Waals surface area (Å²) in [6.07, 6.45) is 0.0834. The molecule has 14 heavy (non-hydrogen) atoms. The highest BCUT2D eigenvalue weighted by Gasteiger charge is 2.31. The lowest BCUT2D eigenvalue weighted by Gasteiger charge is -2.37. The molecule has 0 bridgehead atoms. The highest BCUT2D eigenvalue weighted by Crippen LogP contribution is 2.18. The average Bonchev–Trinajstić information content (AvgIpc) is 2.12. The van der Waals surface area contributed by atoms with Crippen molar-refractivity contribution >= 4 is 17.0 Å². The molecular formula is C10H10ClNO2. The van der Waals surface area contributed by atoms with Crippen molar-refractivity contribution in [1.82, 2.24) is 4.90 Å². The summed E-state index contributed by atoms with van der Waals surface area (Å²) in [6, 6.07) is 9.55. The van der Waals surface area contributed by atoms with Crippen LogP contribution in [0.15, 0.2) is 30.3 Å². The molecule has 0 unspecified atom stereocenters. The molecule has 1 fully saturated rings. The predicted octanol–water partition coefficient (Wildman–Crippen LogP) is 2.11. The molecule has 1 amide bonds. The quantitative estimate of drug-likeness (QED) is 0.554. The Balaban J connectivity index is 1.82. The number of carbonyl (C=O) groups is 1. The lowest BCUT2D eigenvalue weighted by molar-refractivity contribution is 0.0531. The summed E-state index contributed by atoms with van der Waals surface area (Å²) >= 11 is 5.28. The maximum atomic E-state index is 10.7. The molecule has 1 aliphatic heterocycles. The number of rotatable bonds is 2. The smallest absolute Gasteiger partial charge is 0.316 e. The molecule has 0 radical (unpaired) electrons. The third-order valence-corrected chi connectivity index (χ3v) is 2.38. The summed E-state index contributed by atoms with van der Waals surface area (Å²) in [7, 11) is 0. The first-order valence-electron chi connectivity index (χ1n) is 4.42. The second-order valence-corrected chi connectivity index (χ2v) is 3.53. The van der Waals surface area contributed by atoms with Crippen LogP contribution in [-0.2, 0) is 0 Å². The van der Waals surface area contributed by atoms with E-state index in [4.69, 9.17) is 16.3 Å². The minimum absolute atomic E-state index is 0.0834. The van der Waals surface area contributed by atoms with Crippen molar-refractivity contribution in [3.63, 3.8) is 0 Å². The van der Waals surface area contributed by atoms with E-state index >= 15 is 0 Å². The molecule has 1 aromatic carbocycles. The summed E-state index contributed by atoms with van der Waals surface area (Å²) in [6.45, 7) is 1.16. The highest BCUT2D eigenvalue weighted by atomic mass is 35.5. The zero-order chi connectivity index (χ0) is 9.97. The Morgan fingerprint density at radius 2 is 2.00 bits per heavy atom. The van der Waals surface area contributed by atoms with Crippen LogP contribution in [0.25, 0.3) is 0 Å². The average molecular weight is 212 g/mol. The summed E-state index contributed by atoms with van der Waals surface area (Å²) in [4.78, 5) is 12.2. The van der Waals surface area contributed by atoms with Crippen LogP contribution in [0.2, 0.25) is 0 Å². The van der Waals surface area contributed by atoms with Crippen LogP contribution >= 0.6 is 11.6 Å².